The number of ether oxygens (including phenoxy) is 1. The predicted molar refractivity (Wildman–Crippen MR) is 82.8 cm³/mol. The van der Waals surface area contributed by atoms with Crippen LogP contribution in [0.1, 0.15) is 43.5 Å². The van der Waals surface area contributed by atoms with E-state index in [1.54, 1.807) is 26.8 Å². The van der Waals surface area contributed by atoms with E-state index in [4.69, 9.17) is 10.5 Å². The third-order valence-electron chi connectivity index (χ3n) is 4.22. The Morgan fingerprint density at radius 1 is 1.00 bits per heavy atom. The van der Waals surface area contributed by atoms with Crippen molar-refractivity contribution < 1.29 is 26.7 Å². The minimum atomic E-state index is -2.29. The summed E-state index contributed by atoms with van der Waals surface area (Å²) in [6.07, 6.45) is 0. The first-order valence-electron chi connectivity index (χ1n) is 7.68. The van der Waals surface area contributed by atoms with E-state index >= 15 is 0 Å². The maximum Gasteiger partial charge on any atom is 0.244 e. The third-order valence-corrected chi connectivity index (χ3v) is 4.22. The Balaban J connectivity index is 2.44. The molecule has 1 aromatic heterocycles. The molecule has 0 fully saturated rings. The minimum absolute atomic E-state index is 0.0172. The number of hydrogen-bond donors (Lipinski definition) is 2. The van der Waals surface area contributed by atoms with Crippen LogP contribution in [-0.4, -0.2) is 10.2 Å². The van der Waals surface area contributed by atoms with Crippen molar-refractivity contribution >= 4 is 0 Å². The van der Waals surface area contributed by atoms with Crippen molar-refractivity contribution in [3.8, 4) is 11.9 Å². The van der Waals surface area contributed by atoms with Crippen molar-refractivity contribution in [3.05, 3.63) is 57.4 Å². The van der Waals surface area contributed by atoms with E-state index in [0.29, 0.717) is 5.69 Å². The van der Waals surface area contributed by atoms with Gasteiger partial charge in [0, 0.05) is 16.7 Å². The Bertz CT molecular complexity index is 1000. The summed E-state index contributed by atoms with van der Waals surface area (Å²) in [4.78, 5) is 0. The molecule has 1 aliphatic rings. The molecule has 0 bridgehead atoms. The number of nitrogens with one attached hydrogen (secondary N) is 1. The highest BCUT2D eigenvalue weighted by atomic mass is 19.2. The molecule has 27 heavy (non-hydrogen) atoms. The van der Waals surface area contributed by atoms with Gasteiger partial charge < -0.3 is 10.5 Å². The maximum absolute atomic E-state index is 14.5. The summed E-state index contributed by atoms with van der Waals surface area (Å²) < 4.78 is 75.2. The second kappa shape index (κ2) is 5.97. The molecule has 0 saturated carbocycles. The number of fused-ring (bicyclic) bond motifs is 1. The lowest BCUT2D eigenvalue weighted by Crippen LogP contribution is -2.26. The Hall–Kier alpha value is -3.09. The molecule has 2 heterocycles. The van der Waals surface area contributed by atoms with Gasteiger partial charge in [0.2, 0.25) is 17.6 Å². The normalized spacial score (nSPS) is 16.8. The third kappa shape index (κ3) is 2.61. The number of aromatic nitrogens is 2. The number of hydrogen-bond acceptors (Lipinski definition) is 4. The molecule has 0 radical (unpaired) electrons. The molecule has 0 amide bonds. The highest BCUT2D eigenvalue weighted by molar-refractivity contribution is 5.57. The van der Waals surface area contributed by atoms with Crippen molar-refractivity contribution in [2.45, 2.75) is 32.1 Å². The van der Waals surface area contributed by atoms with Crippen molar-refractivity contribution in [3.63, 3.8) is 0 Å². The molecule has 5 nitrogen and oxygen atoms in total. The van der Waals surface area contributed by atoms with Gasteiger partial charge in [0.15, 0.2) is 23.3 Å². The van der Waals surface area contributed by atoms with Gasteiger partial charge >= 0.3 is 0 Å². The highest BCUT2D eigenvalue weighted by Gasteiger charge is 2.42. The van der Waals surface area contributed by atoms with E-state index in [9.17, 15) is 27.2 Å². The molecule has 10 heteroatoms. The summed E-state index contributed by atoms with van der Waals surface area (Å²) in [6.45, 7) is 5.18. The molecule has 1 aliphatic heterocycles. The van der Waals surface area contributed by atoms with E-state index in [1.807, 2.05) is 0 Å². The molecule has 0 spiro atoms. The molecule has 0 aliphatic carbocycles. The Kier molecular flexibility index (Phi) is 4.14. The zero-order chi connectivity index (χ0) is 20.3. The average molecular weight is 384 g/mol. The zero-order valence-electron chi connectivity index (χ0n) is 14.3. The molecule has 142 valence electrons. The number of rotatable bonds is 1. The molecular formula is C17H13F5N4O. The van der Waals surface area contributed by atoms with Crippen LogP contribution in [0, 0.1) is 40.4 Å². The zero-order valence-corrected chi connectivity index (χ0v) is 14.3. The number of H-pyrrole nitrogens is 1. The fourth-order valence-electron chi connectivity index (χ4n) is 2.98. The van der Waals surface area contributed by atoms with E-state index < -0.39 is 57.4 Å². The van der Waals surface area contributed by atoms with Crippen LogP contribution in [0.5, 0.6) is 5.88 Å². The largest absolute Gasteiger partial charge is 0.420 e. The van der Waals surface area contributed by atoms with Crippen LogP contribution < -0.4 is 10.5 Å². The summed E-state index contributed by atoms with van der Waals surface area (Å²) in [5.74, 6) is -13.0. The summed E-state index contributed by atoms with van der Waals surface area (Å²) in [5, 5.41) is 15.9. The van der Waals surface area contributed by atoms with Gasteiger partial charge in [0.05, 0.1) is 11.5 Å². The number of nitrogens with zero attached hydrogens (tertiary/aromatic N) is 2. The molecule has 2 aromatic rings. The smallest absolute Gasteiger partial charge is 0.244 e. The van der Waals surface area contributed by atoms with Gasteiger partial charge in [-0.15, -0.1) is 5.10 Å². The lowest BCUT2D eigenvalue weighted by atomic mass is 9.78. The van der Waals surface area contributed by atoms with Gasteiger partial charge in [0.1, 0.15) is 11.6 Å². The minimum Gasteiger partial charge on any atom is -0.420 e. The summed E-state index contributed by atoms with van der Waals surface area (Å²) in [6, 6.07) is 1.64. The Morgan fingerprint density at radius 2 is 1.52 bits per heavy atom. The first-order valence-corrected chi connectivity index (χ1v) is 7.68. The van der Waals surface area contributed by atoms with Crippen molar-refractivity contribution in [1.29, 1.82) is 5.26 Å². The standard InChI is InChI=1S/C17H13F5N4O/c1-17(2,3)14-8-6(5(4-23)15(24)27-16(8)26-25-14)7-9(18)11(20)13(22)12(21)10(7)19/h6H,24H2,1-3H3,(H,25,26). The number of nitriles is 1. The van der Waals surface area contributed by atoms with Gasteiger partial charge in [-0.1, -0.05) is 20.8 Å². The predicted octanol–water partition coefficient (Wildman–Crippen LogP) is 3.62. The van der Waals surface area contributed by atoms with Crippen LogP contribution in [0.2, 0.25) is 0 Å². The number of nitrogens with two attached hydrogens (primary N) is 1. The van der Waals surface area contributed by atoms with Gasteiger partial charge in [-0.05, 0) is 0 Å². The van der Waals surface area contributed by atoms with Gasteiger partial charge in [-0.3, -0.25) is 5.10 Å². The Morgan fingerprint density at radius 3 is 2.00 bits per heavy atom. The number of halogens is 5. The van der Waals surface area contributed by atoms with Crippen molar-refractivity contribution in [2.75, 3.05) is 0 Å². The first-order chi connectivity index (χ1) is 12.5. The second-order valence-corrected chi connectivity index (χ2v) is 6.98. The first kappa shape index (κ1) is 18.7. The maximum atomic E-state index is 14.5. The molecule has 0 saturated heterocycles. The fraction of sp³-hybridized carbons (Fsp3) is 0.294. The van der Waals surface area contributed by atoms with Crippen LogP contribution in [-0.2, 0) is 5.41 Å². The van der Waals surface area contributed by atoms with Crippen LogP contribution >= 0.6 is 0 Å². The monoisotopic (exact) mass is 384 g/mol. The highest BCUT2D eigenvalue weighted by Crippen LogP contribution is 2.47. The van der Waals surface area contributed by atoms with E-state index in [1.165, 1.54) is 0 Å². The number of benzene rings is 1. The van der Waals surface area contributed by atoms with Crippen molar-refractivity contribution in [2.24, 2.45) is 5.73 Å². The lowest BCUT2D eigenvalue weighted by molar-refractivity contribution is 0.357. The fourth-order valence-corrected chi connectivity index (χ4v) is 2.98. The Labute approximate surface area is 150 Å². The van der Waals surface area contributed by atoms with Crippen LogP contribution in [0.25, 0.3) is 0 Å². The second-order valence-electron chi connectivity index (χ2n) is 6.98. The lowest BCUT2D eigenvalue weighted by Gasteiger charge is -2.28. The molecule has 3 rings (SSSR count). The summed E-state index contributed by atoms with van der Waals surface area (Å²) >= 11 is 0. The summed E-state index contributed by atoms with van der Waals surface area (Å²) in [7, 11) is 0. The van der Waals surface area contributed by atoms with Crippen LogP contribution in [0.15, 0.2) is 11.5 Å². The van der Waals surface area contributed by atoms with Gasteiger partial charge in [0.25, 0.3) is 0 Å². The number of allylic oxidation sites excluding steroid dienone is 1. The van der Waals surface area contributed by atoms with Crippen LogP contribution in [0.3, 0.4) is 0 Å². The van der Waals surface area contributed by atoms with E-state index in [0.717, 1.165) is 0 Å². The number of aromatic amines is 1. The van der Waals surface area contributed by atoms with Crippen LogP contribution in [0.4, 0.5) is 22.0 Å². The molecule has 3 N–H and O–H groups in total. The molecule has 1 atom stereocenters. The molecular weight excluding hydrogens is 371 g/mol. The summed E-state index contributed by atoms with van der Waals surface area (Å²) in [5.41, 5.74) is 3.55. The van der Waals surface area contributed by atoms with E-state index in [-0.39, 0.29) is 11.4 Å². The van der Waals surface area contributed by atoms with E-state index in [2.05, 4.69) is 10.2 Å². The quantitative estimate of drug-likeness (QED) is 0.447. The van der Waals surface area contributed by atoms with Crippen molar-refractivity contribution in [1.82, 2.24) is 10.2 Å². The molecule has 1 aromatic carbocycles. The molecule has 1 unspecified atom stereocenters. The van der Waals surface area contributed by atoms with Gasteiger partial charge in [-0.25, -0.2) is 22.0 Å². The average Bonchev–Trinajstić information content (AvgIpc) is 3.02. The topological polar surface area (TPSA) is 87.7 Å². The van der Waals surface area contributed by atoms with Gasteiger partial charge in [-0.2, -0.15) is 5.26 Å². The SMILES string of the molecule is CC(C)(C)c1[nH]nc2c1C(c1c(F)c(F)c(F)c(F)c1F)C(C#N)=C(N)O2.